The Morgan fingerprint density at radius 3 is 2.38 bits per heavy atom. The van der Waals surface area contributed by atoms with Crippen molar-refractivity contribution in [3.8, 4) is 11.5 Å². The zero-order valence-corrected chi connectivity index (χ0v) is 22.4. The molecule has 2 aromatic heterocycles. The Labute approximate surface area is 227 Å². The van der Waals surface area contributed by atoms with Gasteiger partial charge in [-0.15, -0.1) is 0 Å². The summed E-state index contributed by atoms with van der Waals surface area (Å²) in [6.45, 7) is 2.46. The van der Waals surface area contributed by atoms with Crippen LogP contribution in [0.5, 0.6) is 11.5 Å². The van der Waals surface area contributed by atoms with Crippen LogP contribution in [0.25, 0.3) is 0 Å². The molecule has 0 atom stereocenters. The Bertz CT molecular complexity index is 1300. The molecule has 0 aliphatic carbocycles. The third-order valence-electron chi connectivity index (χ3n) is 4.91. The van der Waals surface area contributed by atoms with Crippen LogP contribution in [0.15, 0.2) is 36.3 Å². The molecule has 3 amide bonds. The minimum absolute atomic E-state index is 0.102. The first-order valence-electron chi connectivity index (χ1n) is 10.6. The number of carbonyl (C=O) groups excluding carboxylic acids is 2. The number of halogens is 3. The summed E-state index contributed by atoms with van der Waals surface area (Å²) in [4.78, 5) is 34.5. The van der Waals surface area contributed by atoms with Crippen LogP contribution in [-0.2, 0) is 11.3 Å². The third kappa shape index (κ3) is 6.53. The number of nitrogens with one attached hydrogen (secondary N) is 3. The monoisotopic (exact) mass is 568 g/mol. The summed E-state index contributed by atoms with van der Waals surface area (Å²) in [5.41, 5.74) is 1.62. The normalized spacial score (nSPS) is 10.8. The summed E-state index contributed by atoms with van der Waals surface area (Å²) in [7, 11) is 4.35. The summed E-state index contributed by atoms with van der Waals surface area (Å²) < 4.78 is 12.1. The number of rotatable bonds is 9. The van der Waals surface area contributed by atoms with E-state index in [0.717, 1.165) is 5.54 Å². The number of urea groups is 1. The zero-order chi connectivity index (χ0) is 27.1. The van der Waals surface area contributed by atoms with Gasteiger partial charge in [-0.25, -0.2) is 14.8 Å². The van der Waals surface area contributed by atoms with Gasteiger partial charge in [0.05, 0.1) is 26.1 Å². The molecule has 0 saturated carbocycles. The Balaban J connectivity index is 1.83. The molecule has 0 spiro atoms. The van der Waals surface area contributed by atoms with E-state index in [1.165, 1.54) is 50.7 Å². The van der Waals surface area contributed by atoms with Gasteiger partial charge in [0.15, 0.2) is 5.82 Å². The highest BCUT2D eigenvalue weighted by molar-refractivity contribution is 6.41. The van der Waals surface area contributed by atoms with Crippen LogP contribution in [0.3, 0.4) is 0 Å². The fourth-order valence-corrected chi connectivity index (χ4v) is 3.72. The standard InChI is InChI=1S/C22H23Cl3N8O4/c1-5-33-10-12(28-17(34)6-7-23)21(31-33)29-15-9-16(27-11-26-15)32(2)22(35)30-20-18(24)13(36-3)8-14(37-4)19(20)25/h6-11H,5H2,1-4H3,(H,28,34)(H,30,35)(H,26,27,29,31)/b7-6+. The Morgan fingerprint density at radius 1 is 1.11 bits per heavy atom. The van der Waals surface area contributed by atoms with Crippen molar-refractivity contribution >= 4 is 75.6 Å². The Morgan fingerprint density at radius 2 is 1.78 bits per heavy atom. The van der Waals surface area contributed by atoms with Crippen LogP contribution < -0.4 is 30.3 Å². The highest BCUT2D eigenvalue weighted by Crippen LogP contribution is 2.44. The molecule has 3 N–H and O–H groups in total. The van der Waals surface area contributed by atoms with E-state index in [-0.39, 0.29) is 33.0 Å². The van der Waals surface area contributed by atoms with Crippen LogP contribution in [0.2, 0.25) is 10.0 Å². The minimum Gasteiger partial charge on any atom is -0.495 e. The molecule has 0 unspecified atom stereocenters. The number of hydrogen-bond donors (Lipinski definition) is 3. The number of hydrogen-bond acceptors (Lipinski definition) is 8. The van der Waals surface area contributed by atoms with Gasteiger partial charge in [-0.1, -0.05) is 34.8 Å². The van der Waals surface area contributed by atoms with Crippen LogP contribution in [-0.4, -0.2) is 53.0 Å². The van der Waals surface area contributed by atoms with Gasteiger partial charge >= 0.3 is 6.03 Å². The minimum atomic E-state index is -0.597. The van der Waals surface area contributed by atoms with Crippen molar-refractivity contribution in [3.05, 3.63) is 46.3 Å². The fourth-order valence-electron chi connectivity index (χ4n) is 3.01. The number of methoxy groups -OCH3 is 2. The zero-order valence-electron chi connectivity index (χ0n) is 20.2. The van der Waals surface area contributed by atoms with E-state index in [0.29, 0.717) is 23.9 Å². The second-order valence-electron chi connectivity index (χ2n) is 7.19. The summed E-state index contributed by atoms with van der Waals surface area (Å²) in [5.74, 6) is 0.990. The van der Waals surface area contributed by atoms with E-state index in [1.54, 1.807) is 10.9 Å². The average molecular weight is 570 g/mol. The summed E-state index contributed by atoms with van der Waals surface area (Å²) >= 11 is 18.2. The third-order valence-corrected chi connectivity index (χ3v) is 5.79. The highest BCUT2D eigenvalue weighted by atomic mass is 35.5. The summed E-state index contributed by atoms with van der Waals surface area (Å²) in [5, 5.41) is 12.9. The van der Waals surface area contributed by atoms with Gasteiger partial charge in [-0.2, -0.15) is 5.10 Å². The number of aryl methyl sites for hydroxylation is 1. The van der Waals surface area contributed by atoms with Crippen LogP contribution in [0.1, 0.15) is 6.92 Å². The molecule has 15 heteroatoms. The van der Waals surface area contributed by atoms with Crippen molar-refractivity contribution in [2.24, 2.45) is 0 Å². The van der Waals surface area contributed by atoms with Gasteiger partial charge in [0.2, 0.25) is 5.91 Å². The van der Waals surface area contributed by atoms with Crippen LogP contribution in [0, 0.1) is 0 Å². The van der Waals surface area contributed by atoms with Gasteiger partial charge in [0.1, 0.15) is 45.2 Å². The molecule has 0 radical (unpaired) electrons. The summed E-state index contributed by atoms with van der Waals surface area (Å²) in [6, 6.07) is 2.43. The molecule has 37 heavy (non-hydrogen) atoms. The lowest BCUT2D eigenvalue weighted by molar-refractivity contribution is -0.111. The van der Waals surface area contributed by atoms with Crippen molar-refractivity contribution < 1.29 is 19.1 Å². The largest absolute Gasteiger partial charge is 0.495 e. The number of ether oxygens (including phenoxy) is 2. The van der Waals surface area contributed by atoms with E-state index in [4.69, 9.17) is 44.3 Å². The van der Waals surface area contributed by atoms with Gasteiger partial charge in [0, 0.05) is 37.3 Å². The first-order chi connectivity index (χ1) is 17.7. The molecule has 0 saturated heterocycles. The molecule has 0 fully saturated rings. The predicted octanol–water partition coefficient (Wildman–Crippen LogP) is 5.12. The smallest absolute Gasteiger partial charge is 0.327 e. The average Bonchev–Trinajstić information content (AvgIpc) is 3.27. The molecular formula is C22H23Cl3N8O4. The Hall–Kier alpha value is -3.74. The molecule has 2 heterocycles. The number of aromatic nitrogens is 4. The van der Waals surface area contributed by atoms with Gasteiger partial charge in [-0.3, -0.25) is 14.4 Å². The maximum absolute atomic E-state index is 13.0. The fraction of sp³-hybridized carbons (Fsp3) is 0.227. The lowest BCUT2D eigenvalue weighted by Crippen LogP contribution is -2.32. The Kier molecular flexibility index (Phi) is 9.39. The highest BCUT2D eigenvalue weighted by Gasteiger charge is 2.22. The van der Waals surface area contributed by atoms with Crippen LogP contribution >= 0.6 is 34.8 Å². The maximum Gasteiger partial charge on any atom is 0.327 e. The SMILES string of the molecule is CCn1cc(NC(=O)/C=C/Cl)c(Nc2cc(N(C)C(=O)Nc3c(Cl)c(OC)cc(OC)c3Cl)ncn2)n1. The number of benzene rings is 1. The predicted molar refractivity (Wildman–Crippen MR) is 144 cm³/mol. The van der Waals surface area contributed by atoms with Gasteiger partial charge < -0.3 is 25.4 Å². The van der Waals surface area contributed by atoms with E-state index in [9.17, 15) is 9.59 Å². The lowest BCUT2D eigenvalue weighted by atomic mass is 10.2. The van der Waals surface area contributed by atoms with E-state index < -0.39 is 11.9 Å². The number of amides is 3. The molecule has 196 valence electrons. The van der Waals surface area contributed by atoms with E-state index >= 15 is 0 Å². The number of anilines is 5. The number of carbonyl (C=O) groups is 2. The van der Waals surface area contributed by atoms with Crippen LogP contribution in [0.4, 0.5) is 33.6 Å². The first-order valence-corrected chi connectivity index (χ1v) is 11.8. The molecule has 3 aromatic rings. The van der Waals surface area contributed by atoms with Crippen molar-refractivity contribution in [1.82, 2.24) is 19.7 Å². The number of nitrogens with zero attached hydrogens (tertiary/aromatic N) is 5. The van der Waals surface area contributed by atoms with Crippen molar-refractivity contribution in [3.63, 3.8) is 0 Å². The summed E-state index contributed by atoms with van der Waals surface area (Å²) in [6.07, 6.45) is 4.09. The van der Waals surface area contributed by atoms with Gasteiger partial charge in [0.25, 0.3) is 0 Å². The van der Waals surface area contributed by atoms with E-state index in [2.05, 4.69) is 31.0 Å². The maximum atomic E-state index is 13.0. The molecule has 12 nitrogen and oxygen atoms in total. The van der Waals surface area contributed by atoms with Crippen molar-refractivity contribution in [2.45, 2.75) is 13.5 Å². The second-order valence-corrected chi connectivity index (χ2v) is 8.20. The van der Waals surface area contributed by atoms with E-state index in [1.807, 2.05) is 6.92 Å². The molecular weight excluding hydrogens is 547 g/mol. The molecule has 0 aliphatic heterocycles. The molecule has 3 rings (SSSR count). The first kappa shape index (κ1) is 27.8. The lowest BCUT2D eigenvalue weighted by Gasteiger charge is -2.20. The quantitative estimate of drug-likeness (QED) is 0.302. The van der Waals surface area contributed by atoms with Gasteiger partial charge in [-0.05, 0) is 6.92 Å². The van der Waals surface area contributed by atoms with Crippen molar-refractivity contribution in [2.75, 3.05) is 42.1 Å². The molecule has 0 bridgehead atoms. The second kappa shape index (κ2) is 12.5. The van der Waals surface area contributed by atoms with Crippen molar-refractivity contribution in [1.29, 1.82) is 0 Å². The molecule has 1 aromatic carbocycles. The molecule has 0 aliphatic rings. The topological polar surface area (TPSA) is 136 Å².